The van der Waals surface area contributed by atoms with E-state index in [1.165, 1.54) is 37.0 Å². The van der Waals surface area contributed by atoms with Crippen molar-refractivity contribution in [3.8, 4) is 0 Å². The van der Waals surface area contributed by atoms with Crippen LogP contribution in [-0.2, 0) is 4.74 Å². The van der Waals surface area contributed by atoms with Gasteiger partial charge in [-0.05, 0) is 18.6 Å². The van der Waals surface area contributed by atoms with Gasteiger partial charge >= 0.3 is 5.97 Å². The van der Waals surface area contributed by atoms with Crippen molar-refractivity contribution in [2.75, 3.05) is 24.7 Å². The van der Waals surface area contributed by atoms with Crippen LogP contribution < -0.4 is 5.32 Å². The first-order chi connectivity index (χ1) is 8.20. The van der Waals surface area contributed by atoms with Gasteiger partial charge in [0, 0.05) is 11.8 Å². The average molecular weight is 293 g/mol. The van der Waals surface area contributed by atoms with Crippen molar-refractivity contribution in [1.29, 1.82) is 0 Å². The number of esters is 1. The van der Waals surface area contributed by atoms with Gasteiger partial charge in [-0.25, -0.2) is 9.78 Å². The molecular formula is C10H13ClN2O2S2. The van der Waals surface area contributed by atoms with Crippen molar-refractivity contribution in [2.24, 2.45) is 0 Å². The lowest BCUT2D eigenvalue weighted by atomic mass is 10.2. The molecule has 1 N–H and O–H groups in total. The number of halogens is 1. The molecule has 1 aliphatic rings. The summed E-state index contributed by atoms with van der Waals surface area (Å²) in [5, 5.41) is 4.75. The lowest BCUT2D eigenvalue weighted by Gasteiger charge is -2.07. The van der Waals surface area contributed by atoms with E-state index >= 15 is 0 Å². The van der Waals surface area contributed by atoms with E-state index in [0.717, 1.165) is 6.54 Å². The van der Waals surface area contributed by atoms with Gasteiger partial charge in [0.05, 0.1) is 7.11 Å². The van der Waals surface area contributed by atoms with Crippen LogP contribution >= 0.6 is 34.7 Å². The highest BCUT2D eigenvalue weighted by molar-refractivity contribution is 8.00. The summed E-state index contributed by atoms with van der Waals surface area (Å²) in [6.45, 7) is 0.870. The van der Waals surface area contributed by atoms with E-state index in [0.29, 0.717) is 15.3 Å². The number of thioether (sulfide) groups is 1. The maximum absolute atomic E-state index is 11.3. The molecular weight excluding hydrogens is 280 g/mol. The standard InChI is InChI=1S/C10H13ClN2O2S2/c1-15-9(14)7-8(11)13-10(17-7)12-5-6-3-2-4-16-6/h6H,2-5H2,1H3,(H,12,13). The van der Waals surface area contributed by atoms with Gasteiger partial charge in [0.2, 0.25) is 0 Å². The van der Waals surface area contributed by atoms with Gasteiger partial charge < -0.3 is 10.1 Å². The Morgan fingerprint density at radius 2 is 2.53 bits per heavy atom. The molecule has 1 atom stereocenters. The van der Waals surface area contributed by atoms with Crippen molar-refractivity contribution < 1.29 is 9.53 Å². The maximum Gasteiger partial charge on any atom is 0.351 e. The fourth-order valence-corrected chi connectivity index (χ4v) is 3.91. The Balaban J connectivity index is 1.94. The molecule has 2 rings (SSSR count). The molecule has 94 valence electrons. The number of anilines is 1. The SMILES string of the molecule is COC(=O)c1sc(NCC2CCCS2)nc1Cl. The zero-order chi connectivity index (χ0) is 12.3. The van der Waals surface area contributed by atoms with E-state index < -0.39 is 5.97 Å². The minimum atomic E-state index is -0.434. The number of methoxy groups -OCH3 is 1. The molecule has 0 aromatic carbocycles. The van der Waals surface area contributed by atoms with Crippen LogP contribution in [0.3, 0.4) is 0 Å². The number of carbonyl (C=O) groups excluding carboxylic acids is 1. The normalized spacial score (nSPS) is 19.3. The van der Waals surface area contributed by atoms with E-state index in [4.69, 9.17) is 11.6 Å². The number of aromatic nitrogens is 1. The summed E-state index contributed by atoms with van der Waals surface area (Å²) in [4.78, 5) is 15.8. The van der Waals surface area contributed by atoms with Gasteiger partial charge in [-0.3, -0.25) is 0 Å². The minimum Gasteiger partial charge on any atom is -0.465 e. The van der Waals surface area contributed by atoms with Crippen molar-refractivity contribution >= 4 is 45.8 Å². The van der Waals surface area contributed by atoms with Crippen molar-refractivity contribution in [1.82, 2.24) is 4.98 Å². The molecule has 1 unspecified atom stereocenters. The summed E-state index contributed by atoms with van der Waals surface area (Å²) in [5.74, 6) is 0.800. The number of carbonyl (C=O) groups is 1. The number of rotatable bonds is 4. The predicted molar refractivity (Wildman–Crippen MR) is 72.4 cm³/mol. The first-order valence-corrected chi connectivity index (χ1v) is 7.55. The first kappa shape index (κ1) is 13.0. The van der Waals surface area contributed by atoms with E-state index in [1.807, 2.05) is 11.8 Å². The van der Waals surface area contributed by atoms with Crippen LogP contribution in [0.25, 0.3) is 0 Å². The summed E-state index contributed by atoms with van der Waals surface area (Å²) in [6, 6.07) is 0. The molecule has 2 heterocycles. The van der Waals surface area contributed by atoms with Gasteiger partial charge in [-0.15, -0.1) is 0 Å². The molecule has 1 aliphatic heterocycles. The van der Waals surface area contributed by atoms with Crippen LogP contribution in [-0.4, -0.2) is 35.6 Å². The second-order valence-electron chi connectivity index (χ2n) is 3.65. The summed E-state index contributed by atoms with van der Waals surface area (Å²) in [5.41, 5.74) is 0. The topological polar surface area (TPSA) is 51.2 Å². The number of nitrogens with one attached hydrogen (secondary N) is 1. The monoisotopic (exact) mass is 292 g/mol. The Labute approximate surface area is 113 Å². The van der Waals surface area contributed by atoms with Gasteiger partial charge in [-0.1, -0.05) is 22.9 Å². The zero-order valence-corrected chi connectivity index (χ0v) is 11.8. The third-order valence-corrected chi connectivity index (χ3v) is 5.24. The van der Waals surface area contributed by atoms with Crippen LogP contribution in [0.2, 0.25) is 5.15 Å². The van der Waals surface area contributed by atoms with E-state index in [2.05, 4.69) is 15.0 Å². The highest BCUT2D eigenvalue weighted by Crippen LogP contribution is 2.30. The zero-order valence-electron chi connectivity index (χ0n) is 9.36. The highest BCUT2D eigenvalue weighted by Gasteiger charge is 2.19. The lowest BCUT2D eigenvalue weighted by Crippen LogP contribution is -2.13. The second kappa shape index (κ2) is 5.93. The molecule has 0 bridgehead atoms. The predicted octanol–water partition coefficient (Wildman–Crippen LogP) is 2.89. The fraction of sp³-hybridized carbons (Fsp3) is 0.600. The molecule has 0 radical (unpaired) electrons. The number of nitrogens with zero attached hydrogens (tertiary/aromatic N) is 1. The van der Waals surface area contributed by atoms with Crippen molar-refractivity contribution in [3.05, 3.63) is 10.0 Å². The molecule has 1 aromatic heterocycles. The van der Waals surface area contributed by atoms with E-state index in [9.17, 15) is 4.79 Å². The molecule has 0 amide bonds. The Kier molecular flexibility index (Phi) is 4.53. The fourth-order valence-electron chi connectivity index (χ4n) is 1.60. The summed E-state index contributed by atoms with van der Waals surface area (Å²) in [6.07, 6.45) is 2.52. The summed E-state index contributed by atoms with van der Waals surface area (Å²) >= 11 is 9.08. The minimum absolute atomic E-state index is 0.212. The summed E-state index contributed by atoms with van der Waals surface area (Å²) in [7, 11) is 1.33. The Morgan fingerprint density at radius 3 is 3.18 bits per heavy atom. The van der Waals surface area contributed by atoms with Crippen LogP contribution in [0.15, 0.2) is 0 Å². The van der Waals surface area contributed by atoms with Gasteiger partial charge in [0.25, 0.3) is 0 Å². The molecule has 0 saturated carbocycles. The van der Waals surface area contributed by atoms with Crippen LogP contribution in [0.5, 0.6) is 0 Å². The molecule has 17 heavy (non-hydrogen) atoms. The highest BCUT2D eigenvalue weighted by atomic mass is 35.5. The quantitative estimate of drug-likeness (QED) is 0.865. The van der Waals surface area contributed by atoms with Crippen molar-refractivity contribution in [3.63, 3.8) is 0 Å². The van der Waals surface area contributed by atoms with E-state index in [1.54, 1.807) is 0 Å². The van der Waals surface area contributed by atoms with Crippen molar-refractivity contribution in [2.45, 2.75) is 18.1 Å². The maximum atomic E-state index is 11.3. The smallest absolute Gasteiger partial charge is 0.351 e. The lowest BCUT2D eigenvalue weighted by molar-refractivity contribution is 0.0606. The number of hydrogen-bond donors (Lipinski definition) is 1. The first-order valence-electron chi connectivity index (χ1n) is 5.31. The number of thiazole rings is 1. The number of hydrogen-bond acceptors (Lipinski definition) is 6. The molecule has 7 heteroatoms. The van der Waals surface area contributed by atoms with Crippen LogP contribution in [0.1, 0.15) is 22.5 Å². The molecule has 1 aromatic rings. The molecule has 1 saturated heterocycles. The number of ether oxygens (including phenoxy) is 1. The van der Waals surface area contributed by atoms with Gasteiger partial charge in [0.15, 0.2) is 15.2 Å². The largest absolute Gasteiger partial charge is 0.465 e. The van der Waals surface area contributed by atoms with Gasteiger partial charge in [-0.2, -0.15) is 11.8 Å². The summed E-state index contributed by atoms with van der Waals surface area (Å²) < 4.78 is 4.62. The molecule has 0 aliphatic carbocycles. The van der Waals surface area contributed by atoms with E-state index in [-0.39, 0.29) is 5.15 Å². The third kappa shape index (κ3) is 3.26. The third-order valence-electron chi connectivity index (χ3n) is 2.46. The Hall–Kier alpha value is -0.460. The molecule has 1 fully saturated rings. The van der Waals surface area contributed by atoms with Gasteiger partial charge in [0.1, 0.15) is 0 Å². The Bertz CT molecular complexity index is 405. The average Bonchev–Trinajstić information content (AvgIpc) is 2.94. The molecule has 0 spiro atoms. The van der Waals surface area contributed by atoms with Crippen LogP contribution in [0.4, 0.5) is 5.13 Å². The molecule has 4 nitrogen and oxygen atoms in total. The Morgan fingerprint density at radius 1 is 1.71 bits per heavy atom. The van der Waals surface area contributed by atoms with Crippen LogP contribution in [0, 0.1) is 0 Å². The second-order valence-corrected chi connectivity index (χ2v) is 6.41.